The van der Waals surface area contributed by atoms with Crippen molar-refractivity contribution in [2.45, 2.75) is 12.5 Å². The van der Waals surface area contributed by atoms with E-state index in [4.69, 9.17) is 5.11 Å². The van der Waals surface area contributed by atoms with Crippen molar-refractivity contribution in [3.63, 3.8) is 0 Å². The van der Waals surface area contributed by atoms with Crippen LogP contribution in [-0.2, 0) is 6.18 Å². The number of hydrogen-bond donors (Lipinski definition) is 1. The lowest BCUT2D eigenvalue weighted by molar-refractivity contribution is -0.276. The first-order valence-corrected chi connectivity index (χ1v) is 5.26. The maximum Gasteiger partial charge on any atom is 0.573 e. The normalized spacial score (nSPS) is 12.4. The van der Waals surface area contributed by atoms with Crippen molar-refractivity contribution in [3.05, 3.63) is 21.0 Å². The number of hydrogen-bond acceptors (Lipinski definition) is 3. The van der Waals surface area contributed by atoms with Crippen LogP contribution in [0.1, 0.15) is 16.1 Å². The molecule has 0 aliphatic carbocycles. The van der Waals surface area contributed by atoms with Gasteiger partial charge < -0.3 is 9.84 Å². The summed E-state index contributed by atoms with van der Waals surface area (Å²) in [6.07, 6.45) is -10.6. The molecule has 0 fully saturated rings. The lowest BCUT2D eigenvalue weighted by Gasteiger charge is -2.16. The molecule has 4 nitrogen and oxygen atoms in total. The van der Waals surface area contributed by atoms with Crippen LogP contribution >= 0.6 is 22.6 Å². The highest BCUT2D eigenvalue weighted by Gasteiger charge is 2.41. The molecule has 0 radical (unpaired) electrons. The molecule has 0 saturated carbocycles. The molecule has 0 aliphatic heterocycles. The highest BCUT2D eigenvalue weighted by Crippen LogP contribution is 2.40. The molecule has 0 spiro atoms. The quantitative estimate of drug-likeness (QED) is 0.470. The summed E-state index contributed by atoms with van der Waals surface area (Å²) < 4.78 is 76.1. The summed E-state index contributed by atoms with van der Waals surface area (Å²) in [5.74, 6) is -3.38. The Hall–Kier alpha value is -1.27. The van der Waals surface area contributed by atoms with Gasteiger partial charge in [-0.2, -0.15) is 13.2 Å². The van der Waals surface area contributed by atoms with Crippen LogP contribution < -0.4 is 4.74 Å². The van der Waals surface area contributed by atoms with Crippen LogP contribution in [0, 0.1) is 3.70 Å². The number of ether oxygens (including phenoxy) is 1. The van der Waals surface area contributed by atoms with Crippen molar-refractivity contribution >= 4 is 28.6 Å². The van der Waals surface area contributed by atoms with E-state index in [2.05, 4.69) is 9.72 Å². The number of aromatic carboxylic acids is 1. The Morgan fingerprint density at radius 1 is 1.26 bits per heavy atom. The number of pyridine rings is 1. The van der Waals surface area contributed by atoms with E-state index in [9.17, 15) is 31.1 Å². The minimum atomic E-state index is -5.35. The summed E-state index contributed by atoms with van der Waals surface area (Å²) >= 11 is 1.03. The Balaban J connectivity index is 3.49. The molecule has 0 unspecified atom stereocenters. The van der Waals surface area contributed by atoms with Crippen LogP contribution in [0.3, 0.4) is 0 Å². The molecule has 1 heterocycles. The highest BCUT2D eigenvalue weighted by atomic mass is 127. The monoisotopic (exact) mass is 401 g/mol. The van der Waals surface area contributed by atoms with Gasteiger partial charge in [0.2, 0.25) is 0 Å². The molecule has 0 atom stereocenters. The number of carbonyl (C=O) groups is 1. The maximum absolute atomic E-state index is 12.6. The predicted molar refractivity (Wildman–Crippen MR) is 55.6 cm³/mol. The van der Waals surface area contributed by atoms with Gasteiger partial charge in [0.25, 0.3) is 0 Å². The van der Waals surface area contributed by atoms with Gasteiger partial charge in [0.1, 0.15) is 15.0 Å². The molecule has 1 aromatic rings. The van der Waals surface area contributed by atoms with Gasteiger partial charge in [-0.1, -0.05) is 0 Å². The average molecular weight is 401 g/mol. The van der Waals surface area contributed by atoms with Crippen molar-refractivity contribution < 1.29 is 41.0 Å². The minimum Gasteiger partial charge on any atom is -0.477 e. The van der Waals surface area contributed by atoms with Gasteiger partial charge in [-0.25, -0.2) is 9.78 Å². The van der Waals surface area contributed by atoms with Crippen LogP contribution in [0.5, 0.6) is 5.75 Å². The molecule has 0 aliphatic rings. The van der Waals surface area contributed by atoms with E-state index < -0.39 is 39.2 Å². The van der Waals surface area contributed by atoms with Gasteiger partial charge in [-0.05, 0) is 28.7 Å². The lowest BCUT2D eigenvalue weighted by Crippen LogP contribution is -2.22. The van der Waals surface area contributed by atoms with E-state index in [1.54, 1.807) is 0 Å². The van der Waals surface area contributed by atoms with Crippen LogP contribution in [0.15, 0.2) is 6.07 Å². The summed E-state index contributed by atoms with van der Waals surface area (Å²) in [6.45, 7) is 0. The van der Waals surface area contributed by atoms with E-state index in [0.29, 0.717) is 0 Å². The zero-order valence-electron chi connectivity index (χ0n) is 8.43. The Kier molecular flexibility index (Phi) is 4.17. The van der Waals surface area contributed by atoms with E-state index >= 15 is 0 Å². The lowest BCUT2D eigenvalue weighted by atomic mass is 10.2. The maximum atomic E-state index is 12.6. The van der Waals surface area contributed by atoms with Crippen LogP contribution in [0.4, 0.5) is 26.3 Å². The molecule has 0 saturated heterocycles. The third-order valence-corrected chi connectivity index (χ3v) is 2.41. The first-order chi connectivity index (χ1) is 8.42. The smallest absolute Gasteiger partial charge is 0.477 e. The Morgan fingerprint density at radius 2 is 1.79 bits per heavy atom. The topological polar surface area (TPSA) is 59.4 Å². The number of carboxylic acids is 1. The van der Waals surface area contributed by atoms with Crippen molar-refractivity contribution in [1.29, 1.82) is 0 Å². The number of alkyl halides is 6. The second-order valence-electron chi connectivity index (χ2n) is 3.03. The first-order valence-electron chi connectivity index (χ1n) is 4.18. The average Bonchev–Trinajstić information content (AvgIpc) is 2.16. The molecule has 1 rings (SSSR count). The molecule has 0 amide bonds. The summed E-state index contributed by atoms with van der Waals surface area (Å²) in [5, 5.41) is 8.53. The van der Waals surface area contributed by atoms with Crippen molar-refractivity contribution in [1.82, 2.24) is 4.98 Å². The molecule has 19 heavy (non-hydrogen) atoms. The van der Waals surface area contributed by atoms with Gasteiger partial charge in [-0.15, -0.1) is 13.2 Å². The molecule has 0 bridgehead atoms. The number of halogens is 7. The zero-order chi connectivity index (χ0) is 15.0. The first kappa shape index (κ1) is 15.8. The zero-order valence-corrected chi connectivity index (χ0v) is 10.6. The SMILES string of the molecule is O=C(O)c1cc(C(F)(F)F)c(OC(F)(F)F)c(I)n1. The number of rotatable bonds is 2. The van der Waals surface area contributed by atoms with E-state index in [1.165, 1.54) is 0 Å². The van der Waals surface area contributed by atoms with E-state index in [-0.39, 0.29) is 6.07 Å². The molecule has 1 N–H and O–H groups in total. The summed E-state index contributed by atoms with van der Waals surface area (Å²) in [6, 6.07) is -0.0223. The third-order valence-electron chi connectivity index (χ3n) is 1.67. The van der Waals surface area contributed by atoms with Gasteiger partial charge in [0.05, 0.1) is 0 Å². The van der Waals surface area contributed by atoms with Gasteiger partial charge in [0, 0.05) is 0 Å². The molecule has 106 valence electrons. The second-order valence-corrected chi connectivity index (χ2v) is 4.05. The van der Waals surface area contributed by atoms with E-state index in [0.717, 1.165) is 22.6 Å². The van der Waals surface area contributed by atoms with Crippen LogP contribution in [-0.4, -0.2) is 22.4 Å². The standard InChI is InChI=1S/C8H2F6INO3/c9-7(10,11)2-1-3(6(17)18)16-5(15)4(2)19-8(12,13)14/h1H,(H,17,18). The number of carboxylic acid groups (broad SMARTS) is 1. The van der Waals surface area contributed by atoms with E-state index in [1.807, 2.05) is 0 Å². The van der Waals surface area contributed by atoms with Crippen LogP contribution in [0.2, 0.25) is 0 Å². The molecule has 0 aromatic carbocycles. The highest BCUT2D eigenvalue weighted by molar-refractivity contribution is 14.1. The largest absolute Gasteiger partial charge is 0.573 e. The molecular formula is C8H2F6INO3. The Labute approximate surface area is 114 Å². The minimum absolute atomic E-state index is 0.0223. The fraction of sp³-hybridized carbons (Fsp3) is 0.250. The predicted octanol–water partition coefficient (Wildman–Crippen LogP) is 3.30. The molecular weight excluding hydrogens is 399 g/mol. The van der Waals surface area contributed by atoms with Crippen molar-refractivity contribution in [3.8, 4) is 5.75 Å². The van der Waals surface area contributed by atoms with Gasteiger partial charge in [0.15, 0.2) is 5.75 Å². The summed E-state index contributed by atoms with van der Waals surface area (Å²) in [7, 11) is 0. The van der Waals surface area contributed by atoms with Crippen molar-refractivity contribution in [2.24, 2.45) is 0 Å². The fourth-order valence-electron chi connectivity index (χ4n) is 1.04. The van der Waals surface area contributed by atoms with Gasteiger partial charge in [-0.3, -0.25) is 0 Å². The van der Waals surface area contributed by atoms with Crippen LogP contribution in [0.25, 0.3) is 0 Å². The van der Waals surface area contributed by atoms with Gasteiger partial charge >= 0.3 is 18.5 Å². The summed E-state index contributed by atoms with van der Waals surface area (Å²) in [4.78, 5) is 13.6. The Morgan fingerprint density at radius 3 is 2.16 bits per heavy atom. The molecule has 1 aromatic heterocycles. The summed E-state index contributed by atoms with van der Waals surface area (Å²) in [5.41, 5.74) is -2.90. The molecule has 11 heteroatoms. The third kappa shape index (κ3) is 4.11. The second kappa shape index (κ2) is 5.02. The number of aromatic nitrogens is 1. The van der Waals surface area contributed by atoms with Crippen molar-refractivity contribution in [2.75, 3.05) is 0 Å². The fourth-order valence-corrected chi connectivity index (χ4v) is 1.70. The Bertz CT molecular complexity index is 512. The number of nitrogens with zero attached hydrogens (tertiary/aromatic N) is 1.